The van der Waals surface area contributed by atoms with E-state index < -0.39 is 5.54 Å². The van der Waals surface area contributed by atoms with Crippen LogP contribution in [0.2, 0.25) is 0 Å². The SMILES string of the molecule is O=C(N[C@@H]1CN2CCCC[C@]2(C(=O)NCCc2cnc[nH]2)C1)c1ccccc1. The lowest BCUT2D eigenvalue weighted by Crippen LogP contribution is -2.57. The third-order valence-electron chi connectivity index (χ3n) is 5.93. The highest BCUT2D eigenvalue weighted by Gasteiger charge is 2.52. The van der Waals surface area contributed by atoms with E-state index in [-0.39, 0.29) is 17.9 Å². The molecule has 0 spiro atoms. The van der Waals surface area contributed by atoms with Crippen LogP contribution in [0.15, 0.2) is 42.9 Å². The number of rotatable bonds is 6. The molecule has 2 saturated heterocycles. The Bertz CT molecular complexity index is 807. The van der Waals surface area contributed by atoms with E-state index in [0.29, 0.717) is 18.5 Å². The van der Waals surface area contributed by atoms with E-state index in [9.17, 15) is 9.59 Å². The van der Waals surface area contributed by atoms with Crippen molar-refractivity contribution in [3.63, 3.8) is 0 Å². The Labute approximate surface area is 164 Å². The summed E-state index contributed by atoms with van der Waals surface area (Å²) >= 11 is 0. The van der Waals surface area contributed by atoms with E-state index in [2.05, 4.69) is 25.5 Å². The molecule has 0 radical (unpaired) electrons. The fraction of sp³-hybridized carbons (Fsp3) is 0.476. The largest absolute Gasteiger partial charge is 0.354 e. The number of H-pyrrole nitrogens is 1. The molecule has 0 unspecified atom stereocenters. The molecule has 1 aromatic heterocycles. The predicted octanol–water partition coefficient (Wildman–Crippen LogP) is 1.50. The Balaban J connectivity index is 1.39. The Morgan fingerprint density at radius 2 is 2.11 bits per heavy atom. The maximum Gasteiger partial charge on any atom is 0.251 e. The van der Waals surface area contributed by atoms with Gasteiger partial charge in [0, 0.05) is 43.0 Å². The number of aromatic amines is 1. The molecule has 0 saturated carbocycles. The quantitative estimate of drug-likeness (QED) is 0.707. The molecule has 3 heterocycles. The van der Waals surface area contributed by atoms with Crippen LogP contribution >= 0.6 is 0 Å². The fourth-order valence-corrected chi connectivity index (χ4v) is 4.53. The molecule has 2 fully saturated rings. The summed E-state index contributed by atoms with van der Waals surface area (Å²) in [5, 5.41) is 6.25. The number of benzene rings is 1. The van der Waals surface area contributed by atoms with Crippen LogP contribution in [0, 0.1) is 0 Å². The first-order valence-corrected chi connectivity index (χ1v) is 10.0. The zero-order chi connectivity index (χ0) is 19.4. The molecule has 2 aliphatic rings. The minimum Gasteiger partial charge on any atom is -0.354 e. The van der Waals surface area contributed by atoms with Gasteiger partial charge >= 0.3 is 0 Å². The lowest BCUT2D eigenvalue weighted by atomic mass is 9.84. The maximum absolute atomic E-state index is 13.1. The molecule has 1 aromatic carbocycles. The number of hydrogen-bond donors (Lipinski definition) is 3. The van der Waals surface area contributed by atoms with Gasteiger partial charge in [0.05, 0.1) is 6.33 Å². The van der Waals surface area contributed by atoms with Crippen LogP contribution in [-0.2, 0) is 11.2 Å². The zero-order valence-corrected chi connectivity index (χ0v) is 16.0. The van der Waals surface area contributed by atoms with Gasteiger partial charge in [-0.05, 0) is 44.4 Å². The van der Waals surface area contributed by atoms with Crippen molar-refractivity contribution in [1.82, 2.24) is 25.5 Å². The monoisotopic (exact) mass is 381 g/mol. The van der Waals surface area contributed by atoms with Crippen LogP contribution in [-0.4, -0.2) is 57.9 Å². The molecule has 2 atom stereocenters. The number of hydrogen-bond acceptors (Lipinski definition) is 4. The second kappa shape index (κ2) is 8.14. The van der Waals surface area contributed by atoms with E-state index in [1.165, 1.54) is 0 Å². The topological polar surface area (TPSA) is 90.1 Å². The van der Waals surface area contributed by atoms with Crippen molar-refractivity contribution >= 4 is 11.8 Å². The van der Waals surface area contributed by atoms with Crippen molar-refractivity contribution in [3.8, 4) is 0 Å². The van der Waals surface area contributed by atoms with Crippen molar-refractivity contribution in [2.75, 3.05) is 19.6 Å². The number of nitrogens with one attached hydrogen (secondary N) is 3. The molecule has 4 rings (SSSR count). The van der Waals surface area contributed by atoms with Gasteiger partial charge in [-0.3, -0.25) is 14.5 Å². The normalized spacial score (nSPS) is 24.5. The lowest BCUT2D eigenvalue weighted by molar-refractivity contribution is -0.133. The third-order valence-corrected chi connectivity index (χ3v) is 5.93. The average molecular weight is 381 g/mol. The smallest absolute Gasteiger partial charge is 0.251 e. The Kier molecular flexibility index (Phi) is 5.43. The summed E-state index contributed by atoms with van der Waals surface area (Å²) < 4.78 is 0. The first-order valence-electron chi connectivity index (χ1n) is 10.0. The van der Waals surface area contributed by atoms with Crippen molar-refractivity contribution in [3.05, 3.63) is 54.1 Å². The molecule has 0 bridgehead atoms. The summed E-state index contributed by atoms with van der Waals surface area (Å²) in [6.45, 7) is 2.22. The Morgan fingerprint density at radius 1 is 1.25 bits per heavy atom. The molecule has 28 heavy (non-hydrogen) atoms. The van der Waals surface area contributed by atoms with Crippen LogP contribution < -0.4 is 10.6 Å². The molecule has 7 nitrogen and oxygen atoms in total. The second-order valence-electron chi connectivity index (χ2n) is 7.76. The molecule has 2 aromatic rings. The van der Waals surface area contributed by atoms with Crippen LogP contribution in [0.1, 0.15) is 41.7 Å². The van der Waals surface area contributed by atoms with Crippen LogP contribution in [0.4, 0.5) is 0 Å². The summed E-state index contributed by atoms with van der Waals surface area (Å²) in [4.78, 5) is 35.0. The molecule has 2 aliphatic heterocycles. The van der Waals surface area contributed by atoms with Crippen molar-refractivity contribution in [2.24, 2.45) is 0 Å². The van der Waals surface area contributed by atoms with E-state index in [1.807, 2.05) is 30.3 Å². The zero-order valence-electron chi connectivity index (χ0n) is 16.0. The van der Waals surface area contributed by atoms with E-state index in [1.54, 1.807) is 12.5 Å². The average Bonchev–Trinajstić information content (AvgIpc) is 3.36. The summed E-state index contributed by atoms with van der Waals surface area (Å²) in [6, 6.07) is 9.24. The first kappa shape index (κ1) is 18.7. The molecule has 7 heteroatoms. The number of carbonyl (C=O) groups is 2. The summed E-state index contributed by atoms with van der Waals surface area (Å²) in [6.07, 6.45) is 7.82. The molecular weight excluding hydrogens is 354 g/mol. The Hall–Kier alpha value is -2.67. The first-order chi connectivity index (χ1) is 13.7. The number of piperidine rings is 1. The second-order valence-corrected chi connectivity index (χ2v) is 7.76. The van der Waals surface area contributed by atoms with Gasteiger partial charge in [-0.1, -0.05) is 18.2 Å². The minimum atomic E-state index is -0.499. The highest BCUT2D eigenvalue weighted by molar-refractivity contribution is 5.94. The molecule has 2 amide bonds. The number of imidazole rings is 1. The van der Waals surface area contributed by atoms with Crippen molar-refractivity contribution < 1.29 is 9.59 Å². The molecule has 148 valence electrons. The summed E-state index contributed by atoms with van der Waals surface area (Å²) in [7, 11) is 0. The summed E-state index contributed by atoms with van der Waals surface area (Å²) in [5.41, 5.74) is 1.17. The van der Waals surface area contributed by atoms with Gasteiger partial charge < -0.3 is 15.6 Å². The van der Waals surface area contributed by atoms with E-state index in [4.69, 9.17) is 0 Å². The standard InChI is InChI=1S/C21H27N5O2/c27-19(16-6-2-1-3-7-16)25-18-12-21(9-4-5-11-26(21)14-18)20(28)23-10-8-17-13-22-15-24-17/h1-3,6-7,13,15,18H,4-5,8-12,14H2,(H,22,24)(H,23,28)(H,25,27)/t18-,21+/m0/s1. The van der Waals surface area contributed by atoms with Crippen LogP contribution in [0.5, 0.6) is 0 Å². The van der Waals surface area contributed by atoms with Gasteiger partial charge in [0.1, 0.15) is 5.54 Å². The maximum atomic E-state index is 13.1. The van der Waals surface area contributed by atoms with Crippen LogP contribution in [0.25, 0.3) is 0 Å². The highest BCUT2D eigenvalue weighted by atomic mass is 16.2. The minimum absolute atomic E-state index is 0.0100. The molecular formula is C21H27N5O2. The summed E-state index contributed by atoms with van der Waals surface area (Å²) in [5.74, 6) is 0.0171. The number of amides is 2. The van der Waals surface area contributed by atoms with Gasteiger partial charge in [-0.15, -0.1) is 0 Å². The number of fused-ring (bicyclic) bond motifs is 1. The highest BCUT2D eigenvalue weighted by Crippen LogP contribution is 2.38. The number of nitrogens with zero attached hydrogens (tertiary/aromatic N) is 2. The van der Waals surface area contributed by atoms with Gasteiger partial charge in [-0.25, -0.2) is 4.98 Å². The fourth-order valence-electron chi connectivity index (χ4n) is 4.53. The van der Waals surface area contributed by atoms with Crippen LogP contribution in [0.3, 0.4) is 0 Å². The molecule has 3 N–H and O–H groups in total. The van der Waals surface area contributed by atoms with E-state index in [0.717, 1.165) is 44.5 Å². The number of carbonyl (C=O) groups excluding carboxylic acids is 2. The lowest BCUT2D eigenvalue weighted by Gasteiger charge is -2.40. The van der Waals surface area contributed by atoms with Crippen molar-refractivity contribution in [1.29, 1.82) is 0 Å². The van der Waals surface area contributed by atoms with Gasteiger partial charge in [0.25, 0.3) is 5.91 Å². The van der Waals surface area contributed by atoms with Gasteiger partial charge in [0.15, 0.2) is 0 Å². The predicted molar refractivity (Wildman–Crippen MR) is 106 cm³/mol. The van der Waals surface area contributed by atoms with Crippen molar-refractivity contribution in [2.45, 2.75) is 43.7 Å². The van der Waals surface area contributed by atoms with Gasteiger partial charge in [-0.2, -0.15) is 0 Å². The molecule has 0 aliphatic carbocycles. The number of aromatic nitrogens is 2. The van der Waals surface area contributed by atoms with E-state index >= 15 is 0 Å². The third kappa shape index (κ3) is 3.80. The van der Waals surface area contributed by atoms with Gasteiger partial charge in [0.2, 0.25) is 5.91 Å². The Morgan fingerprint density at radius 3 is 2.89 bits per heavy atom.